The van der Waals surface area contributed by atoms with Gasteiger partial charge in [0.15, 0.2) is 0 Å². The van der Waals surface area contributed by atoms with Gasteiger partial charge in [-0.3, -0.25) is 4.79 Å². The van der Waals surface area contributed by atoms with E-state index >= 15 is 0 Å². The summed E-state index contributed by atoms with van der Waals surface area (Å²) < 4.78 is 82.6. The normalized spacial score (nSPS) is 12.9. The molecule has 0 aliphatic carbocycles. The summed E-state index contributed by atoms with van der Waals surface area (Å²) in [5.74, 6) is -2.10. The number of esters is 1. The quantitative estimate of drug-likeness (QED) is 0.479. The van der Waals surface area contributed by atoms with Crippen molar-refractivity contribution in [2.45, 2.75) is 37.7 Å². The van der Waals surface area contributed by atoms with Crippen molar-refractivity contribution in [3.05, 3.63) is 70.8 Å². The van der Waals surface area contributed by atoms with Gasteiger partial charge >= 0.3 is 18.3 Å². The molecule has 10 heteroatoms. The Hall–Kier alpha value is -3.04. The molecular formula is C21H19F6NO3. The molecule has 4 nitrogen and oxygen atoms in total. The number of carbonyl (C=O) groups is 2. The first-order valence-corrected chi connectivity index (χ1v) is 9.14. The molecule has 0 saturated heterocycles. The third kappa shape index (κ3) is 7.01. The molecule has 0 saturated carbocycles. The number of carbonyl (C=O) groups excluding carboxylic acids is 2. The minimum absolute atomic E-state index is 0.0750. The minimum atomic E-state index is -5.09. The van der Waals surface area contributed by atoms with Gasteiger partial charge in [0.2, 0.25) is 0 Å². The molecule has 2 aromatic carbocycles. The van der Waals surface area contributed by atoms with Gasteiger partial charge in [-0.2, -0.15) is 26.3 Å². The molecule has 2 aromatic rings. The Balaban J connectivity index is 2.21. The van der Waals surface area contributed by atoms with E-state index in [-0.39, 0.29) is 12.5 Å². The summed E-state index contributed by atoms with van der Waals surface area (Å²) in [6.45, 7) is 0. The van der Waals surface area contributed by atoms with Crippen LogP contribution in [0.3, 0.4) is 0 Å². The van der Waals surface area contributed by atoms with Gasteiger partial charge in [0.25, 0.3) is 5.91 Å². The van der Waals surface area contributed by atoms with Crippen molar-refractivity contribution < 1.29 is 40.7 Å². The monoisotopic (exact) mass is 447 g/mol. The van der Waals surface area contributed by atoms with E-state index in [9.17, 15) is 35.9 Å². The molecule has 0 fully saturated rings. The summed E-state index contributed by atoms with van der Waals surface area (Å²) in [6, 6.07) is 8.48. The van der Waals surface area contributed by atoms with Crippen molar-refractivity contribution in [2.75, 3.05) is 7.11 Å². The third-order valence-corrected chi connectivity index (χ3v) is 4.44. The van der Waals surface area contributed by atoms with Gasteiger partial charge in [0.1, 0.15) is 6.04 Å². The van der Waals surface area contributed by atoms with Gasteiger partial charge < -0.3 is 10.1 Å². The van der Waals surface area contributed by atoms with Gasteiger partial charge in [0.05, 0.1) is 18.2 Å². The van der Waals surface area contributed by atoms with Gasteiger partial charge in [0, 0.05) is 5.56 Å². The van der Waals surface area contributed by atoms with Crippen molar-refractivity contribution in [3.63, 3.8) is 0 Å². The fourth-order valence-corrected chi connectivity index (χ4v) is 2.87. The smallest absolute Gasteiger partial charge is 0.416 e. The fourth-order valence-electron chi connectivity index (χ4n) is 2.87. The van der Waals surface area contributed by atoms with Crippen LogP contribution in [0.25, 0.3) is 0 Å². The number of nitrogens with one attached hydrogen (secondary N) is 1. The van der Waals surface area contributed by atoms with E-state index in [2.05, 4.69) is 10.1 Å². The second-order valence-corrected chi connectivity index (χ2v) is 6.72. The molecule has 168 valence electrons. The van der Waals surface area contributed by atoms with Crippen LogP contribution in [0.5, 0.6) is 0 Å². The third-order valence-electron chi connectivity index (χ3n) is 4.44. The van der Waals surface area contributed by atoms with Crippen LogP contribution in [-0.2, 0) is 28.3 Å². The Morgan fingerprint density at radius 3 is 1.97 bits per heavy atom. The van der Waals surface area contributed by atoms with E-state index in [0.717, 1.165) is 12.7 Å². The largest absolute Gasteiger partial charge is 0.467 e. The Morgan fingerprint density at radius 2 is 1.48 bits per heavy atom. The van der Waals surface area contributed by atoms with Gasteiger partial charge in [-0.25, -0.2) is 4.79 Å². The van der Waals surface area contributed by atoms with Crippen LogP contribution >= 0.6 is 0 Å². The van der Waals surface area contributed by atoms with Crippen molar-refractivity contribution >= 4 is 11.9 Å². The SMILES string of the molecule is COC(=O)[C@H](CCCc1ccccc1)NC(=O)c1cc(C(F)(F)F)cc(C(F)(F)F)c1. The molecule has 0 aliphatic rings. The number of methoxy groups -OCH3 is 1. The Bertz CT molecular complexity index is 877. The number of alkyl halides is 6. The maximum atomic E-state index is 13.0. The van der Waals surface area contributed by atoms with E-state index in [1.54, 1.807) is 0 Å². The molecule has 0 bridgehead atoms. The van der Waals surface area contributed by atoms with Crippen LogP contribution < -0.4 is 5.32 Å². The lowest BCUT2D eigenvalue weighted by Gasteiger charge is -2.18. The number of hydrogen-bond acceptors (Lipinski definition) is 3. The second-order valence-electron chi connectivity index (χ2n) is 6.72. The zero-order valence-electron chi connectivity index (χ0n) is 16.3. The lowest BCUT2D eigenvalue weighted by Crippen LogP contribution is -2.41. The first-order chi connectivity index (χ1) is 14.4. The van der Waals surface area contributed by atoms with Crippen LogP contribution in [-0.4, -0.2) is 25.0 Å². The standard InChI is InChI=1S/C21H19F6NO3/c1-31-19(30)17(9-5-8-13-6-3-2-4-7-13)28-18(29)14-10-15(20(22,23)24)12-16(11-14)21(25,26)27/h2-4,6-7,10-12,17H,5,8-9H2,1H3,(H,28,29)/t17-/m0/s1. The summed E-state index contributed by atoms with van der Waals surface area (Å²) in [6.07, 6.45) is -9.13. The highest BCUT2D eigenvalue weighted by molar-refractivity contribution is 5.97. The first-order valence-electron chi connectivity index (χ1n) is 9.14. The molecule has 0 unspecified atom stereocenters. The highest BCUT2D eigenvalue weighted by Crippen LogP contribution is 2.36. The summed E-state index contributed by atoms with van der Waals surface area (Å²) in [5.41, 5.74) is -3.14. The number of halogens is 6. The van der Waals surface area contributed by atoms with E-state index in [0.29, 0.717) is 25.0 Å². The molecule has 31 heavy (non-hydrogen) atoms. The zero-order valence-corrected chi connectivity index (χ0v) is 16.3. The van der Waals surface area contributed by atoms with Crippen LogP contribution in [0.4, 0.5) is 26.3 Å². The highest BCUT2D eigenvalue weighted by atomic mass is 19.4. The van der Waals surface area contributed by atoms with Crippen molar-refractivity contribution in [3.8, 4) is 0 Å². The predicted octanol–water partition coefficient (Wildman–Crippen LogP) is 5.02. The van der Waals surface area contributed by atoms with Gasteiger partial charge in [-0.05, 0) is 43.0 Å². The molecule has 1 atom stereocenters. The van der Waals surface area contributed by atoms with E-state index in [1.165, 1.54) is 0 Å². The Kier molecular flexibility index (Phi) is 7.70. The summed E-state index contributed by atoms with van der Waals surface area (Å²) >= 11 is 0. The second kappa shape index (κ2) is 9.84. The van der Waals surface area contributed by atoms with Crippen LogP contribution in [0.15, 0.2) is 48.5 Å². The number of aryl methyl sites for hydroxylation is 1. The molecule has 1 amide bonds. The molecule has 0 radical (unpaired) electrons. The highest BCUT2D eigenvalue weighted by Gasteiger charge is 2.37. The molecule has 0 heterocycles. The van der Waals surface area contributed by atoms with Crippen LogP contribution in [0.1, 0.15) is 39.9 Å². The Morgan fingerprint density at radius 1 is 0.935 bits per heavy atom. The molecule has 0 aromatic heterocycles. The number of ether oxygens (including phenoxy) is 1. The van der Waals surface area contributed by atoms with Crippen LogP contribution in [0.2, 0.25) is 0 Å². The average molecular weight is 447 g/mol. The van der Waals surface area contributed by atoms with Crippen LogP contribution in [0, 0.1) is 0 Å². The number of amides is 1. The van der Waals surface area contributed by atoms with Crippen molar-refractivity contribution in [1.82, 2.24) is 5.32 Å². The molecular weight excluding hydrogens is 428 g/mol. The molecule has 1 N–H and O–H groups in total. The lowest BCUT2D eigenvalue weighted by atomic mass is 10.0. The summed E-state index contributed by atoms with van der Waals surface area (Å²) in [4.78, 5) is 24.4. The first kappa shape index (κ1) is 24.2. The van der Waals surface area contributed by atoms with Crippen molar-refractivity contribution in [2.24, 2.45) is 0 Å². The summed E-state index contributed by atoms with van der Waals surface area (Å²) in [7, 11) is 1.06. The predicted molar refractivity (Wildman–Crippen MR) is 99.1 cm³/mol. The maximum Gasteiger partial charge on any atom is 0.416 e. The number of hydrogen-bond donors (Lipinski definition) is 1. The average Bonchev–Trinajstić information content (AvgIpc) is 2.71. The fraction of sp³-hybridized carbons (Fsp3) is 0.333. The van der Waals surface area contributed by atoms with E-state index in [4.69, 9.17) is 0 Å². The summed E-state index contributed by atoms with van der Waals surface area (Å²) in [5, 5.41) is 2.18. The van der Waals surface area contributed by atoms with E-state index in [1.807, 2.05) is 30.3 Å². The van der Waals surface area contributed by atoms with Crippen molar-refractivity contribution in [1.29, 1.82) is 0 Å². The number of benzene rings is 2. The lowest BCUT2D eigenvalue weighted by molar-refractivity contribution is -0.144. The van der Waals surface area contributed by atoms with Gasteiger partial charge in [-0.1, -0.05) is 30.3 Å². The molecule has 2 rings (SSSR count). The number of rotatable bonds is 7. The van der Waals surface area contributed by atoms with E-state index < -0.39 is 47.0 Å². The minimum Gasteiger partial charge on any atom is -0.467 e. The molecule has 0 spiro atoms. The topological polar surface area (TPSA) is 55.4 Å². The molecule has 0 aliphatic heterocycles. The maximum absolute atomic E-state index is 13.0. The van der Waals surface area contributed by atoms with Gasteiger partial charge in [-0.15, -0.1) is 0 Å². The zero-order chi connectivity index (χ0) is 23.2. The Labute approximate surface area is 174 Å².